The molecule has 0 unspecified atom stereocenters. The van der Waals surface area contributed by atoms with Gasteiger partial charge in [0.1, 0.15) is 10.7 Å². The highest BCUT2D eigenvalue weighted by molar-refractivity contribution is 7.99. The molecule has 0 fully saturated rings. The molecule has 68 valence electrons. The fourth-order valence-corrected chi connectivity index (χ4v) is 1.30. The molecule has 0 aliphatic heterocycles. The molecule has 0 bridgehead atoms. The standard InChI is InChI=1S/C6H7N5OS/c7-1-2-13-5-3(8)4(12)10-6(9)11-5/h2,8H2,(H3,9,10,11,12). The van der Waals surface area contributed by atoms with Crippen LogP contribution in [0.2, 0.25) is 0 Å². The van der Waals surface area contributed by atoms with Crippen molar-refractivity contribution < 1.29 is 0 Å². The summed E-state index contributed by atoms with van der Waals surface area (Å²) in [6.07, 6.45) is 0. The van der Waals surface area contributed by atoms with Gasteiger partial charge in [0.05, 0.1) is 11.8 Å². The van der Waals surface area contributed by atoms with Gasteiger partial charge in [-0.1, -0.05) is 11.8 Å². The first kappa shape index (κ1) is 9.41. The van der Waals surface area contributed by atoms with Crippen molar-refractivity contribution in [3.05, 3.63) is 10.4 Å². The van der Waals surface area contributed by atoms with Crippen LogP contribution in [0.3, 0.4) is 0 Å². The molecule has 1 heterocycles. The number of rotatable bonds is 2. The number of aromatic nitrogens is 2. The maximum atomic E-state index is 11.0. The number of nitrogen functional groups attached to an aromatic ring is 2. The lowest BCUT2D eigenvalue weighted by Crippen LogP contribution is -2.16. The lowest BCUT2D eigenvalue weighted by molar-refractivity contribution is 1.04. The zero-order valence-electron chi connectivity index (χ0n) is 6.57. The summed E-state index contributed by atoms with van der Waals surface area (Å²) in [5.41, 5.74) is 10.2. The second-order valence-electron chi connectivity index (χ2n) is 2.12. The molecule has 0 spiro atoms. The van der Waals surface area contributed by atoms with Crippen molar-refractivity contribution in [3.63, 3.8) is 0 Å². The Morgan fingerprint density at radius 1 is 1.62 bits per heavy atom. The van der Waals surface area contributed by atoms with Crippen molar-refractivity contribution >= 4 is 23.4 Å². The van der Waals surface area contributed by atoms with E-state index in [1.807, 2.05) is 6.07 Å². The van der Waals surface area contributed by atoms with Crippen molar-refractivity contribution in [3.8, 4) is 6.07 Å². The van der Waals surface area contributed by atoms with E-state index in [2.05, 4.69) is 9.97 Å². The average molecular weight is 197 g/mol. The number of hydrogen-bond donors (Lipinski definition) is 3. The molecule has 13 heavy (non-hydrogen) atoms. The van der Waals surface area contributed by atoms with Crippen LogP contribution in [0.15, 0.2) is 9.82 Å². The number of H-pyrrole nitrogens is 1. The van der Waals surface area contributed by atoms with E-state index in [1.165, 1.54) is 0 Å². The molecule has 0 atom stereocenters. The lowest BCUT2D eigenvalue weighted by Gasteiger charge is -2.00. The Balaban J connectivity index is 3.07. The third-order valence-corrected chi connectivity index (χ3v) is 2.07. The molecule has 0 aliphatic carbocycles. The second-order valence-corrected chi connectivity index (χ2v) is 3.08. The van der Waals surface area contributed by atoms with Crippen LogP contribution < -0.4 is 17.0 Å². The van der Waals surface area contributed by atoms with Gasteiger partial charge in [0.25, 0.3) is 5.56 Å². The van der Waals surface area contributed by atoms with Gasteiger partial charge < -0.3 is 11.5 Å². The average Bonchev–Trinajstić information content (AvgIpc) is 2.09. The number of nitrogens with zero attached hydrogens (tertiary/aromatic N) is 2. The molecular weight excluding hydrogens is 190 g/mol. The first-order valence-corrected chi connectivity index (χ1v) is 4.28. The molecule has 1 rings (SSSR count). The molecule has 0 radical (unpaired) electrons. The fraction of sp³-hybridized carbons (Fsp3) is 0.167. The highest BCUT2D eigenvalue weighted by Crippen LogP contribution is 2.18. The van der Waals surface area contributed by atoms with Gasteiger partial charge in [0.15, 0.2) is 0 Å². The molecule has 0 saturated carbocycles. The Bertz CT molecular complexity index is 406. The largest absolute Gasteiger partial charge is 0.392 e. The van der Waals surface area contributed by atoms with Crippen molar-refractivity contribution in [1.29, 1.82) is 5.26 Å². The topological polar surface area (TPSA) is 122 Å². The summed E-state index contributed by atoms with van der Waals surface area (Å²) in [7, 11) is 0. The summed E-state index contributed by atoms with van der Waals surface area (Å²) >= 11 is 1.08. The van der Waals surface area contributed by atoms with Crippen LogP contribution in [0, 0.1) is 11.3 Å². The summed E-state index contributed by atoms with van der Waals surface area (Å²) in [6.45, 7) is 0. The Hall–Kier alpha value is -1.68. The number of nitrogens with one attached hydrogen (secondary N) is 1. The summed E-state index contributed by atoms with van der Waals surface area (Å²) in [6, 6.07) is 1.90. The third kappa shape index (κ3) is 2.13. The third-order valence-electron chi connectivity index (χ3n) is 1.21. The van der Waals surface area contributed by atoms with Gasteiger partial charge in [-0.3, -0.25) is 9.78 Å². The minimum absolute atomic E-state index is 0.000334. The van der Waals surface area contributed by atoms with E-state index in [0.29, 0.717) is 5.03 Å². The van der Waals surface area contributed by atoms with E-state index < -0.39 is 5.56 Å². The summed E-state index contributed by atoms with van der Waals surface area (Å²) in [5.74, 6) is 0.180. The zero-order chi connectivity index (χ0) is 9.84. The van der Waals surface area contributed by atoms with Gasteiger partial charge in [0.2, 0.25) is 5.95 Å². The molecule has 5 N–H and O–H groups in total. The number of aromatic amines is 1. The van der Waals surface area contributed by atoms with Crippen molar-refractivity contribution in [1.82, 2.24) is 9.97 Å². The van der Waals surface area contributed by atoms with Crippen LogP contribution in [0.25, 0.3) is 0 Å². The number of hydrogen-bond acceptors (Lipinski definition) is 6. The van der Waals surface area contributed by atoms with Gasteiger partial charge in [0, 0.05) is 0 Å². The van der Waals surface area contributed by atoms with E-state index in [-0.39, 0.29) is 17.4 Å². The van der Waals surface area contributed by atoms with E-state index >= 15 is 0 Å². The quantitative estimate of drug-likeness (QED) is 0.436. The molecule has 1 aromatic heterocycles. The van der Waals surface area contributed by atoms with Crippen LogP contribution in [0.4, 0.5) is 11.6 Å². The Kier molecular flexibility index (Phi) is 2.76. The fourth-order valence-electron chi connectivity index (χ4n) is 0.689. The van der Waals surface area contributed by atoms with Crippen LogP contribution in [0.1, 0.15) is 0 Å². The smallest absolute Gasteiger partial charge is 0.276 e. The first-order valence-electron chi connectivity index (χ1n) is 3.30. The van der Waals surface area contributed by atoms with E-state index in [0.717, 1.165) is 11.8 Å². The highest BCUT2D eigenvalue weighted by atomic mass is 32.2. The highest BCUT2D eigenvalue weighted by Gasteiger charge is 2.06. The normalized spacial score (nSPS) is 9.46. The van der Waals surface area contributed by atoms with Gasteiger partial charge >= 0.3 is 0 Å². The number of thioether (sulfide) groups is 1. The predicted molar refractivity (Wildman–Crippen MR) is 50.0 cm³/mol. The van der Waals surface area contributed by atoms with Crippen LogP contribution in [-0.4, -0.2) is 15.7 Å². The maximum absolute atomic E-state index is 11.0. The summed E-state index contributed by atoms with van der Waals surface area (Å²) in [4.78, 5) is 17.1. The molecular formula is C6H7N5OS. The zero-order valence-corrected chi connectivity index (χ0v) is 7.39. The van der Waals surface area contributed by atoms with Crippen LogP contribution >= 0.6 is 11.8 Å². The van der Waals surface area contributed by atoms with Gasteiger partial charge in [-0.15, -0.1) is 0 Å². The van der Waals surface area contributed by atoms with E-state index in [9.17, 15) is 4.79 Å². The van der Waals surface area contributed by atoms with Gasteiger partial charge in [-0.25, -0.2) is 4.98 Å². The lowest BCUT2D eigenvalue weighted by atomic mass is 10.5. The van der Waals surface area contributed by atoms with Crippen molar-refractivity contribution in [2.75, 3.05) is 17.2 Å². The van der Waals surface area contributed by atoms with Crippen molar-refractivity contribution in [2.45, 2.75) is 5.03 Å². The van der Waals surface area contributed by atoms with Crippen molar-refractivity contribution in [2.24, 2.45) is 0 Å². The number of anilines is 2. The molecule has 0 saturated heterocycles. The van der Waals surface area contributed by atoms with E-state index in [4.69, 9.17) is 16.7 Å². The predicted octanol–water partition coefficient (Wildman–Crippen LogP) is -0.450. The minimum atomic E-state index is -0.479. The minimum Gasteiger partial charge on any atom is -0.392 e. The first-order chi connectivity index (χ1) is 6.15. The Labute approximate surface area is 78.0 Å². The Morgan fingerprint density at radius 3 is 2.92 bits per heavy atom. The molecule has 0 amide bonds. The maximum Gasteiger partial charge on any atom is 0.276 e. The number of nitriles is 1. The monoisotopic (exact) mass is 197 g/mol. The SMILES string of the molecule is N#CCSc1nc(N)[nH]c(=O)c1N. The molecule has 0 aliphatic rings. The van der Waals surface area contributed by atoms with E-state index in [1.54, 1.807) is 0 Å². The van der Waals surface area contributed by atoms with Crippen LogP contribution in [-0.2, 0) is 0 Å². The second kappa shape index (κ2) is 3.82. The summed E-state index contributed by atoms with van der Waals surface area (Å²) in [5, 5.41) is 8.59. The molecule has 6 nitrogen and oxygen atoms in total. The molecule has 0 aromatic carbocycles. The van der Waals surface area contributed by atoms with Gasteiger partial charge in [-0.2, -0.15) is 5.26 Å². The molecule has 7 heteroatoms. The Morgan fingerprint density at radius 2 is 2.31 bits per heavy atom. The summed E-state index contributed by atoms with van der Waals surface area (Å²) < 4.78 is 0. The number of nitrogens with two attached hydrogens (primary N) is 2. The molecule has 1 aromatic rings. The van der Waals surface area contributed by atoms with Crippen LogP contribution in [0.5, 0.6) is 0 Å². The van der Waals surface area contributed by atoms with Gasteiger partial charge in [-0.05, 0) is 0 Å².